The fourth-order valence-electron chi connectivity index (χ4n) is 4.34. The lowest BCUT2D eigenvalue weighted by atomic mass is 9.93. The Morgan fingerprint density at radius 1 is 0.944 bits per heavy atom. The van der Waals surface area contributed by atoms with Crippen molar-refractivity contribution >= 4 is 29.3 Å². The van der Waals surface area contributed by atoms with Gasteiger partial charge in [0, 0.05) is 0 Å². The van der Waals surface area contributed by atoms with Crippen LogP contribution in [0.25, 0.3) is 21.6 Å². The van der Waals surface area contributed by atoms with E-state index in [9.17, 15) is 14.7 Å². The summed E-state index contributed by atoms with van der Waals surface area (Å²) in [6.45, 7) is 3.70. The van der Waals surface area contributed by atoms with Crippen LogP contribution in [-0.4, -0.2) is 21.5 Å². The molecule has 1 heterocycles. The molecule has 0 radical (unpaired) electrons. The number of nitrogens with one attached hydrogen (secondary N) is 1. The Hall–Kier alpha value is -3.97. The lowest BCUT2D eigenvalue weighted by Crippen LogP contribution is -2.19. The highest BCUT2D eigenvalue weighted by Gasteiger charge is 2.51. The van der Waals surface area contributed by atoms with E-state index in [4.69, 9.17) is 4.74 Å². The van der Waals surface area contributed by atoms with Crippen LogP contribution in [0.4, 0.5) is 10.5 Å². The van der Waals surface area contributed by atoms with E-state index in [1.165, 1.54) is 11.5 Å². The normalized spacial score (nSPS) is 14.6. The van der Waals surface area contributed by atoms with E-state index in [0.717, 1.165) is 38.4 Å². The number of carboxylic acids is 1. The molecule has 6 nitrogen and oxygen atoms in total. The van der Waals surface area contributed by atoms with Gasteiger partial charge in [-0.05, 0) is 66.0 Å². The summed E-state index contributed by atoms with van der Waals surface area (Å²) in [5, 5.41) is 12.4. The fourth-order valence-corrected chi connectivity index (χ4v) is 5.20. The largest absolute Gasteiger partial charge is 0.481 e. The topological polar surface area (TPSA) is 88.5 Å². The van der Waals surface area contributed by atoms with Gasteiger partial charge in [0.15, 0.2) is 0 Å². The van der Waals surface area contributed by atoms with E-state index in [1.807, 2.05) is 92.7 Å². The van der Waals surface area contributed by atoms with E-state index >= 15 is 0 Å². The van der Waals surface area contributed by atoms with Crippen LogP contribution in [0.1, 0.15) is 42.7 Å². The molecule has 0 unspecified atom stereocenters. The van der Waals surface area contributed by atoms with Gasteiger partial charge < -0.3 is 9.84 Å². The molecule has 1 atom stereocenters. The summed E-state index contributed by atoms with van der Waals surface area (Å²) in [5.41, 5.74) is 5.44. The maximum Gasteiger partial charge on any atom is 0.412 e. The zero-order chi connectivity index (χ0) is 25.3. The number of aromatic nitrogens is 1. The van der Waals surface area contributed by atoms with Gasteiger partial charge >= 0.3 is 12.1 Å². The molecule has 2 N–H and O–H groups in total. The lowest BCUT2D eigenvalue weighted by molar-refractivity contribution is -0.140. The number of carboxylic acid groups (broad SMARTS) is 1. The second-order valence-corrected chi connectivity index (χ2v) is 9.87. The maximum absolute atomic E-state index is 12.6. The molecule has 0 saturated heterocycles. The molecule has 182 valence electrons. The Morgan fingerprint density at radius 2 is 1.53 bits per heavy atom. The summed E-state index contributed by atoms with van der Waals surface area (Å²) < 4.78 is 10.0. The van der Waals surface area contributed by atoms with Crippen LogP contribution in [0, 0.1) is 6.92 Å². The molecule has 0 bridgehead atoms. The first-order chi connectivity index (χ1) is 17.4. The zero-order valence-corrected chi connectivity index (χ0v) is 20.8. The van der Waals surface area contributed by atoms with Gasteiger partial charge in [-0.3, -0.25) is 10.1 Å². The number of anilines is 1. The van der Waals surface area contributed by atoms with Gasteiger partial charge in [-0.1, -0.05) is 78.9 Å². The number of benzene rings is 3. The van der Waals surface area contributed by atoms with E-state index in [-0.39, 0.29) is 6.10 Å². The minimum absolute atomic E-state index is 0.377. The summed E-state index contributed by atoms with van der Waals surface area (Å²) in [6.07, 6.45) is 0.485. The first kappa shape index (κ1) is 23.8. The molecule has 7 heteroatoms. The number of carbonyl (C=O) groups excluding carboxylic acids is 1. The van der Waals surface area contributed by atoms with Gasteiger partial charge in [0.25, 0.3) is 0 Å². The van der Waals surface area contributed by atoms with E-state index in [0.29, 0.717) is 18.5 Å². The second kappa shape index (κ2) is 9.59. The lowest BCUT2D eigenvalue weighted by Gasteiger charge is -2.15. The zero-order valence-electron chi connectivity index (χ0n) is 20.0. The Balaban J connectivity index is 1.30. The molecule has 4 aromatic rings. The van der Waals surface area contributed by atoms with Gasteiger partial charge in [0.1, 0.15) is 6.10 Å². The quantitative estimate of drug-likeness (QED) is 0.281. The number of ether oxygens (including phenoxy) is 1. The smallest absolute Gasteiger partial charge is 0.412 e. The molecular formula is C29H26N2O4S. The summed E-state index contributed by atoms with van der Waals surface area (Å²) in [7, 11) is 0. The Kier molecular flexibility index (Phi) is 6.33. The summed E-state index contributed by atoms with van der Waals surface area (Å²) in [6, 6.07) is 25.4. The van der Waals surface area contributed by atoms with Gasteiger partial charge in [0.05, 0.1) is 21.7 Å². The van der Waals surface area contributed by atoms with E-state index in [1.54, 1.807) is 0 Å². The maximum atomic E-state index is 12.6. The van der Waals surface area contributed by atoms with Gasteiger partial charge in [0.2, 0.25) is 0 Å². The molecule has 36 heavy (non-hydrogen) atoms. The third kappa shape index (κ3) is 4.62. The van der Waals surface area contributed by atoms with Gasteiger partial charge in [-0.2, -0.15) is 4.37 Å². The van der Waals surface area contributed by atoms with Crippen LogP contribution >= 0.6 is 11.5 Å². The van der Waals surface area contributed by atoms with Crippen molar-refractivity contribution in [1.29, 1.82) is 0 Å². The van der Waals surface area contributed by atoms with Crippen molar-refractivity contribution in [2.24, 2.45) is 0 Å². The number of hydrogen-bond donors (Lipinski definition) is 2. The summed E-state index contributed by atoms with van der Waals surface area (Å²) >= 11 is 1.33. The molecule has 1 saturated carbocycles. The molecule has 1 amide bonds. The standard InChI is InChI=1S/C29H26N2O4S/c1-18-25(30-28(34)35-19(2)20-6-4-3-5-7-20)26(36-31-18)23-10-8-21(9-11-23)22-12-14-24(15-13-22)29(16-17-29)27(32)33/h3-15,19H,16-17H2,1-2H3,(H,30,34)(H,32,33)/t19-/m0/s1. The van der Waals surface area contributed by atoms with Gasteiger partial charge in [-0.15, -0.1) is 0 Å². The van der Waals surface area contributed by atoms with Crippen LogP contribution in [-0.2, 0) is 14.9 Å². The van der Waals surface area contributed by atoms with Crippen LogP contribution in [0.3, 0.4) is 0 Å². The predicted octanol–water partition coefficient (Wildman–Crippen LogP) is 7.21. The molecule has 3 aromatic carbocycles. The molecule has 0 aliphatic heterocycles. The minimum atomic E-state index is -0.748. The average Bonchev–Trinajstić information content (AvgIpc) is 3.64. The highest BCUT2D eigenvalue weighted by Crippen LogP contribution is 2.48. The van der Waals surface area contributed by atoms with Crippen molar-refractivity contribution < 1.29 is 19.4 Å². The highest BCUT2D eigenvalue weighted by atomic mass is 32.1. The molecule has 5 rings (SSSR count). The fraction of sp³-hybridized carbons (Fsp3) is 0.207. The van der Waals surface area contributed by atoms with E-state index in [2.05, 4.69) is 9.69 Å². The number of hydrogen-bond acceptors (Lipinski definition) is 5. The molecular weight excluding hydrogens is 472 g/mol. The predicted molar refractivity (Wildman–Crippen MR) is 141 cm³/mol. The number of rotatable bonds is 7. The minimum Gasteiger partial charge on any atom is -0.481 e. The molecule has 0 spiro atoms. The monoisotopic (exact) mass is 498 g/mol. The van der Waals surface area contributed by atoms with Crippen molar-refractivity contribution in [2.75, 3.05) is 5.32 Å². The third-order valence-corrected chi connectivity index (χ3v) is 7.71. The Bertz CT molecular complexity index is 1390. The van der Waals surface area contributed by atoms with Crippen LogP contribution < -0.4 is 5.32 Å². The molecule has 1 aromatic heterocycles. The molecule has 1 fully saturated rings. The van der Waals surface area contributed by atoms with Crippen molar-refractivity contribution in [3.05, 3.63) is 95.7 Å². The first-order valence-electron chi connectivity index (χ1n) is 11.8. The van der Waals surface area contributed by atoms with Crippen molar-refractivity contribution in [3.63, 3.8) is 0 Å². The molecule has 1 aliphatic rings. The summed E-state index contributed by atoms with van der Waals surface area (Å²) in [4.78, 5) is 25.1. The van der Waals surface area contributed by atoms with Crippen molar-refractivity contribution in [1.82, 2.24) is 4.37 Å². The Morgan fingerprint density at radius 3 is 2.11 bits per heavy atom. The number of nitrogens with zero attached hydrogens (tertiary/aromatic N) is 1. The van der Waals surface area contributed by atoms with Crippen LogP contribution in [0.2, 0.25) is 0 Å². The van der Waals surface area contributed by atoms with Crippen LogP contribution in [0.5, 0.6) is 0 Å². The molecule has 1 aliphatic carbocycles. The van der Waals surface area contributed by atoms with Crippen molar-refractivity contribution in [2.45, 2.75) is 38.2 Å². The average molecular weight is 499 g/mol. The second-order valence-electron chi connectivity index (χ2n) is 9.10. The summed E-state index contributed by atoms with van der Waals surface area (Å²) in [5.74, 6) is -0.748. The van der Waals surface area contributed by atoms with Gasteiger partial charge in [-0.25, -0.2) is 4.79 Å². The third-order valence-electron chi connectivity index (χ3n) is 6.72. The van der Waals surface area contributed by atoms with Crippen molar-refractivity contribution in [3.8, 4) is 21.6 Å². The van der Waals surface area contributed by atoms with E-state index < -0.39 is 17.5 Å². The van der Waals surface area contributed by atoms with Crippen LogP contribution in [0.15, 0.2) is 78.9 Å². The Labute approximate surface area is 213 Å². The first-order valence-corrected chi connectivity index (χ1v) is 12.6. The number of carbonyl (C=O) groups is 2. The SMILES string of the molecule is Cc1nsc(-c2ccc(-c3ccc(C4(C(=O)O)CC4)cc3)cc2)c1NC(=O)O[C@@H](C)c1ccccc1. The number of aliphatic carboxylic acids is 1. The highest BCUT2D eigenvalue weighted by molar-refractivity contribution is 7.10. The number of aryl methyl sites for hydroxylation is 1. The number of amides is 1.